The summed E-state index contributed by atoms with van der Waals surface area (Å²) in [6.07, 6.45) is 2.04. The molecule has 98 valence electrons. The highest BCUT2D eigenvalue weighted by atomic mass is 16.4. The average Bonchev–Trinajstić information content (AvgIpc) is 2.58. The number of aliphatic carboxylic acids is 1. The minimum absolute atomic E-state index is 0.00779. The van der Waals surface area contributed by atoms with Crippen molar-refractivity contribution in [3.63, 3.8) is 0 Å². The topological polar surface area (TPSA) is 60.9 Å². The van der Waals surface area contributed by atoms with Gasteiger partial charge in [0.05, 0.1) is 6.42 Å². The van der Waals surface area contributed by atoms with E-state index in [0.717, 1.165) is 19.4 Å². The quantitative estimate of drug-likeness (QED) is 0.817. The first kappa shape index (κ1) is 13.8. The van der Waals surface area contributed by atoms with Crippen LogP contribution >= 0.6 is 0 Å². The molecule has 1 aliphatic rings. The first-order chi connectivity index (χ1) is 7.88. The predicted octanol–water partition coefficient (Wildman–Crippen LogP) is 1.78. The SMILES string of the molecule is CCN(CCC(=O)O)C(=O)N1CCCC1(C)C. The average molecular weight is 242 g/mol. The molecule has 1 aliphatic heterocycles. The van der Waals surface area contributed by atoms with Crippen molar-refractivity contribution in [1.82, 2.24) is 9.80 Å². The van der Waals surface area contributed by atoms with E-state index >= 15 is 0 Å². The number of nitrogens with zero attached hydrogens (tertiary/aromatic N) is 2. The lowest BCUT2D eigenvalue weighted by Gasteiger charge is -2.35. The van der Waals surface area contributed by atoms with Gasteiger partial charge in [-0.3, -0.25) is 4.79 Å². The smallest absolute Gasteiger partial charge is 0.320 e. The Morgan fingerprint density at radius 3 is 2.47 bits per heavy atom. The molecule has 17 heavy (non-hydrogen) atoms. The Morgan fingerprint density at radius 2 is 2.06 bits per heavy atom. The second kappa shape index (κ2) is 5.38. The van der Waals surface area contributed by atoms with E-state index < -0.39 is 5.97 Å². The van der Waals surface area contributed by atoms with E-state index in [2.05, 4.69) is 13.8 Å². The summed E-state index contributed by atoms with van der Waals surface area (Å²) in [6.45, 7) is 7.61. The summed E-state index contributed by atoms with van der Waals surface area (Å²) in [6, 6.07) is -0.0312. The number of hydrogen-bond donors (Lipinski definition) is 1. The number of urea groups is 1. The summed E-state index contributed by atoms with van der Waals surface area (Å²) in [5.41, 5.74) is -0.103. The highest BCUT2D eigenvalue weighted by Gasteiger charge is 2.37. The minimum atomic E-state index is -0.864. The van der Waals surface area contributed by atoms with E-state index in [-0.39, 0.29) is 24.5 Å². The zero-order valence-corrected chi connectivity index (χ0v) is 10.9. The third-order valence-electron chi connectivity index (χ3n) is 3.38. The zero-order chi connectivity index (χ0) is 13.1. The van der Waals surface area contributed by atoms with Gasteiger partial charge < -0.3 is 14.9 Å². The summed E-state index contributed by atoms with van der Waals surface area (Å²) < 4.78 is 0. The van der Waals surface area contributed by atoms with Crippen molar-refractivity contribution in [2.24, 2.45) is 0 Å². The van der Waals surface area contributed by atoms with Crippen molar-refractivity contribution in [1.29, 1.82) is 0 Å². The summed E-state index contributed by atoms with van der Waals surface area (Å²) in [5.74, 6) is -0.864. The van der Waals surface area contributed by atoms with Crippen LogP contribution in [0.5, 0.6) is 0 Å². The molecule has 5 nitrogen and oxygen atoms in total. The first-order valence-electron chi connectivity index (χ1n) is 6.17. The lowest BCUT2D eigenvalue weighted by Crippen LogP contribution is -2.50. The van der Waals surface area contributed by atoms with E-state index in [9.17, 15) is 9.59 Å². The van der Waals surface area contributed by atoms with Crippen LogP contribution in [0.3, 0.4) is 0 Å². The molecule has 0 radical (unpaired) electrons. The molecule has 1 rings (SSSR count). The van der Waals surface area contributed by atoms with Crippen LogP contribution in [-0.2, 0) is 4.79 Å². The fourth-order valence-electron chi connectivity index (χ4n) is 2.25. The molecule has 0 spiro atoms. The molecule has 0 unspecified atom stereocenters. The molecule has 1 fully saturated rings. The number of carbonyl (C=O) groups excluding carboxylic acids is 1. The van der Waals surface area contributed by atoms with E-state index in [1.54, 1.807) is 4.90 Å². The number of carboxylic acids is 1. The molecule has 0 aromatic rings. The van der Waals surface area contributed by atoms with Crippen LogP contribution in [0, 0.1) is 0 Å². The number of carboxylic acid groups (broad SMARTS) is 1. The molecule has 0 aromatic heterocycles. The second-order valence-electron chi connectivity index (χ2n) is 5.07. The van der Waals surface area contributed by atoms with Crippen LogP contribution in [0.15, 0.2) is 0 Å². The summed E-state index contributed by atoms with van der Waals surface area (Å²) in [7, 11) is 0. The van der Waals surface area contributed by atoms with Gasteiger partial charge in [-0.05, 0) is 33.6 Å². The molecular formula is C12H22N2O3. The molecule has 0 saturated carbocycles. The van der Waals surface area contributed by atoms with Crippen LogP contribution in [0.4, 0.5) is 4.79 Å². The molecule has 0 aliphatic carbocycles. The van der Waals surface area contributed by atoms with Crippen LogP contribution in [0.25, 0.3) is 0 Å². The zero-order valence-electron chi connectivity index (χ0n) is 10.9. The number of rotatable bonds is 4. The lowest BCUT2D eigenvalue weighted by atomic mass is 10.0. The molecule has 5 heteroatoms. The van der Waals surface area contributed by atoms with Gasteiger partial charge in [0.2, 0.25) is 0 Å². The Hall–Kier alpha value is -1.26. The fraction of sp³-hybridized carbons (Fsp3) is 0.833. The summed E-state index contributed by atoms with van der Waals surface area (Å²) in [5, 5.41) is 8.66. The van der Waals surface area contributed by atoms with Gasteiger partial charge in [-0.1, -0.05) is 0 Å². The number of carbonyl (C=O) groups is 2. The highest BCUT2D eigenvalue weighted by Crippen LogP contribution is 2.29. The highest BCUT2D eigenvalue weighted by molar-refractivity contribution is 5.76. The normalized spacial score (nSPS) is 18.2. The Labute approximate surface area is 102 Å². The van der Waals surface area contributed by atoms with Crippen LogP contribution in [-0.4, -0.2) is 52.1 Å². The maximum atomic E-state index is 12.3. The Kier molecular flexibility index (Phi) is 4.37. The number of hydrogen-bond acceptors (Lipinski definition) is 2. The van der Waals surface area contributed by atoms with E-state index in [1.165, 1.54) is 0 Å². The molecular weight excluding hydrogens is 220 g/mol. The van der Waals surface area contributed by atoms with Gasteiger partial charge in [0.25, 0.3) is 0 Å². The monoisotopic (exact) mass is 242 g/mol. The van der Waals surface area contributed by atoms with Crippen LogP contribution in [0.2, 0.25) is 0 Å². The minimum Gasteiger partial charge on any atom is -0.481 e. The Balaban J connectivity index is 2.62. The van der Waals surface area contributed by atoms with Crippen molar-refractivity contribution in [3.8, 4) is 0 Å². The maximum Gasteiger partial charge on any atom is 0.320 e. The third-order valence-corrected chi connectivity index (χ3v) is 3.38. The van der Waals surface area contributed by atoms with Crippen molar-refractivity contribution in [2.45, 2.75) is 45.6 Å². The van der Waals surface area contributed by atoms with E-state index in [0.29, 0.717) is 6.54 Å². The van der Waals surface area contributed by atoms with E-state index in [1.807, 2.05) is 11.8 Å². The molecule has 1 saturated heterocycles. The first-order valence-corrected chi connectivity index (χ1v) is 6.17. The Bertz CT molecular complexity index is 302. The van der Waals surface area contributed by atoms with Crippen LogP contribution in [0.1, 0.15) is 40.0 Å². The molecule has 1 heterocycles. The van der Waals surface area contributed by atoms with Crippen molar-refractivity contribution in [2.75, 3.05) is 19.6 Å². The molecule has 2 amide bonds. The standard InChI is InChI=1S/C12H22N2O3/c1-4-13(9-6-10(15)16)11(17)14-8-5-7-12(14,2)3/h4-9H2,1-3H3,(H,15,16). The van der Waals surface area contributed by atoms with Gasteiger partial charge in [0.15, 0.2) is 0 Å². The van der Waals surface area contributed by atoms with Crippen LogP contribution < -0.4 is 0 Å². The molecule has 0 atom stereocenters. The van der Waals surface area contributed by atoms with Gasteiger partial charge in [0, 0.05) is 25.2 Å². The lowest BCUT2D eigenvalue weighted by molar-refractivity contribution is -0.137. The largest absolute Gasteiger partial charge is 0.481 e. The third kappa shape index (κ3) is 3.35. The second-order valence-corrected chi connectivity index (χ2v) is 5.07. The van der Waals surface area contributed by atoms with Gasteiger partial charge >= 0.3 is 12.0 Å². The number of amides is 2. The number of likely N-dealkylation sites (tertiary alicyclic amines) is 1. The summed E-state index contributed by atoms with van der Waals surface area (Å²) in [4.78, 5) is 26.3. The van der Waals surface area contributed by atoms with Gasteiger partial charge in [-0.25, -0.2) is 4.79 Å². The molecule has 0 aromatic carbocycles. The molecule has 0 bridgehead atoms. The van der Waals surface area contributed by atoms with Crippen molar-refractivity contribution < 1.29 is 14.7 Å². The van der Waals surface area contributed by atoms with E-state index in [4.69, 9.17) is 5.11 Å². The fourth-order valence-corrected chi connectivity index (χ4v) is 2.25. The van der Waals surface area contributed by atoms with Gasteiger partial charge in [0.1, 0.15) is 0 Å². The van der Waals surface area contributed by atoms with Crippen molar-refractivity contribution in [3.05, 3.63) is 0 Å². The molecule has 1 N–H and O–H groups in total. The summed E-state index contributed by atoms with van der Waals surface area (Å²) >= 11 is 0. The van der Waals surface area contributed by atoms with Gasteiger partial charge in [-0.15, -0.1) is 0 Å². The van der Waals surface area contributed by atoms with Gasteiger partial charge in [-0.2, -0.15) is 0 Å². The Morgan fingerprint density at radius 1 is 1.41 bits per heavy atom. The maximum absolute atomic E-state index is 12.3. The van der Waals surface area contributed by atoms with Crippen molar-refractivity contribution >= 4 is 12.0 Å². The predicted molar refractivity (Wildman–Crippen MR) is 64.9 cm³/mol.